The molecule has 1 unspecified atom stereocenters. The second-order valence-electron chi connectivity index (χ2n) is 7.58. The van der Waals surface area contributed by atoms with Gasteiger partial charge in [0, 0.05) is 17.3 Å². The maximum atomic E-state index is 12.8. The van der Waals surface area contributed by atoms with Gasteiger partial charge in [-0.25, -0.2) is 9.59 Å². The zero-order valence-electron chi connectivity index (χ0n) is 15.1. The molecule has 7 nitrogen and oxygen atoms in total. The van der Waals surface area contributed by atoms with Gasteiger partial charge in [-0.05, 0) is 51.0 Å². The maximum Gasteiger partial charge on any atom is 0.411 e. The Kier molecular flexibility index (Phi) is 4.38. The van der Waals surface area contributed by atoms with Gasteiger partial charge in [-0.1, -0.05) is 11.6 Å². The minimum Gasteiger partial charge on any atom is -0.467 e. The first kappa shape index (κ1) is 18.5. The van der Waals surface area contributed by atoms with Crippen molar-refractivity contribution >= 4 is 35.3 Å². The van der Waals surface area contributed by atoms with Crippen molar-refractivity contribution < 1.29 is 23.9 Å². The monoisotopic (exact) mass is 380 g/mol. The summed E-state index contributed by atoms with van der Waals surface area (Å²) in [7, 11) is 1.25. The van der Waals surface area contributed by atoms with Crippen LogP contribution in [0.25, 0.3) is 0 Å². The summed E-state index contributed by atoms with van der Waals surface area (Å²) in [5.74, 6) is -0.856. The second-order valence-corrected chi connectivity index (χ2v) is 8.01. The van der Waals surface area contributed by atoms with E-state index >= 15 is 0 Å². The van der Waals surface area contributed by atoms with Crippen LogP contribution in [0.2, 0.25) is 5.02 Å². The van der Waals surface area contributed by atoms with Gasteiger partial charge in [0.1, 0.15) is 11.6 Å². The molecule has 140 valence electrons. The van der Waals surface area contributed by atoms with E-state index in [4.69, 9.17) is 21.1 Å². The number of hydrogen-bond donors (Lipinski definition) is 1. The molecule has 1 aromatic carbocycles. The van der Waals surface area contributed by atoms with Gasteiger partial charge in [0.15, 0.2) is 0 Å². The van der Waals surface area contributed by atoms with E-state index in [1.54, 1.807) is 39.0 Å². The van der Waals surface area contributed by atoms with E-state index in [1.165, 1.54) is 12.0 Å². The summed E-state index contributed by atoms with van der Waals surface area (Å²) in [5.41, 5.74) is -0.480. The second kappa shape index (κ2) is 6.16. The number of amides is 2. The van der Waals surface area contributed by atoms with Crippen molar-refractivity contribution in [3.63, 3.8) is 0 Å². The summed E-state index contributed by atoms with van der Waals surface area (Å²) >= 11 is 6.11. The maximum absolute atomic E-state index is 12.8. The predicted molar refractivity (Wildman–Crippen MR) is 95.1 cm³/mol. The van der Waals surface area contributed by atoms with Crippen LogP contribution < -0.4 is 5.32 Å². The fourth-order valence-corrected chi connectivity index (χ4v) is 3.68. The molecule has 0 aromatic heterocycles. The van der Waals surface area contributed by atoms with Gasteiger partial charge in [0.2, 0.25) is 5.91 Å². The number of rotatable bonds is 1. The number of fused-ring (bicyclic) bond motifs is 2. The Bertz CT molecular complexity index is 788. The number of halogens is 1. The van der Waals surface area contributed by atoms with Gasteiger partial charge in [0.05, 0.1) is 12.5 Å². The van der Waals surface area contributed by atoms with E-state index in [0.29, 0.717) is 16.3 Å². The fraction of sp³-hybridized carbons (Fsp3) is 0.500. The Morgan fingerprint density at radius 1 is 1.35 bits per heavy atom. The highest BCUT2D eigenvalue weighted by Gasteiger charge is 2.58. The lowest BCUT2D eigenvalue weighted by Crippen LogP contribution is -2.44. The molecule has 2 amide bonds. The number of carbonyl (C=O) groups excluding carboxylic acids is 3. The average molecular weight is 381 g/mol. The molecular formula is C18H21ClN2O5. The van der Waals surface area contributed by atoms with E-state index in [9.17, 15) is 14.4 Å². The molecule has 1 fully saturated rings. The van der Waals surface area contributed by atoms with E-state index in [1.807, 2.05) is 0 Å². The molecule has 0 radical (unpaired) electrons. The zero-order chi connectivity index (χ0) is 19.3. The normalized spacial score (nSPS) is 24.4. The van der Waals surface area contributed by atoms with Crippen LogP contribution in [-0.4, -0.2) is 48.2 Å². The molecule has 2 atom stereocenters. The third-order valence-corrected chi connectivity index (χ3v) is 4.87. The van der Waals surface area contributed by atoms with Crippen molar-refractivity contribution in [1.82, 2.24) is 4.90 Å². The Hall–Kier alpha value is -2.28. The summed E-state index contributed by atoms with van der Waals surface area (Å²) in [6.07, 6.45) is -0.550. The third kappa shape index (κ3) is 3.00. The first-order valence-electron chi connectivity index (χ1n) is 8.26. The highest BCUT2D eigenvalue weighted by atomic mass is 35.5. The molecule has 2 aliphatic heterocycles. The zero-order valence-corrected chi connectivity index (χ0v) is 15.8. The number of benzene rings is 1. The van der Waals surface area contributed by atoms with E-state index in [0.717, 1.165) is 0 Å². The highest BCUT2D eigenvalue weighted by Crippen LogP contribution is 2.47. The first-order chi connectivity index (χ1) is 12.1. The molecule has 26 heavy (non-hydrogen) atoms. The van der Waals surface area contributed by atoms with Gasteiger partial charge in [0.25, 0.3) is 0 Å². The van der Waals surface area contributed by atoms with E-state index < -0.39 is 29.1 Å². The number of anilines is 1. The minimum atomic E-state index is -1.06. The summed E-state index contributed by atoms with van der Waals surface area (Å²) in [6, 6.07) is 4.18. The Balaban J connectivity index is 2.02. The first-order valence-corrected chi connectivity index (χ1v) is 8.64. The predicted octanol–water partition coefficient (Wildman–Crippen LogP) is 2.71. The van der Waals surface area contributed by atoms with Crippen LogP contribution in [0.1, 0.15) is 32.8 Å². The summed E-state index contributed by atoms with van der Waals surface area (Å²) < 4.78 is 10.3. The summed E-state index contributed by atoms with van der Waals surface area (Å²) in [4.78, 5) is 39.0. The van der Waals surface area contributed by atoms with Gasteiger partial charge < -0.3 is 14.8 Å². The van der Waals surface area contributed by atoms with Crippen LogP contribution in [0.5, 0.6) is 0 Å². The Morgan fingerprint density at radius 3 is 2.65 bits per heavy atom. The summed E-state index contributed by atoms with van der Waals surface area (Å²) in [6.45, 7) is 5.23. The quantitative estimate of drug-likeness (QED) is 0.757. The number of carbonyl (C=O) groups is 3. The van der Waals surface area contributed by atoms with Crippen LogP contribution >= 0.6 is 11.6 Å². The molecule has 0 saturated carbocycles. The number of methoxy groups -OCH3 is 1. The third-order valence-electron chi connectivity index (χ3n) is 4.64. The molecule has 1 N–H and O–H groups in total. The highest BCUT2D eigenvalue weighted by molar-refractivity contribution is 6.31. The Morgan fingerprint density at radius 2 is 2.04 bits per heavy atom. The Labute approximate surface area is 156 Å². The van der Waals surface area contributed by atoms with Crippen molar-refractivity contribution in [3.05, 3.63) is 28.8 Å². The standard InChI is InChI=1S/C18H21ClN2O5/c1-17(2,3)26-16(24)21-9-18(8-13(21)14(22)25-4)11-7-10(19)5-6-12(11)20-15(18)23/h5-7,13H,8-9H2,1-4H3,(H,20,23)/t13-,18?/m0/s1. The van der Waals surface area contributed by atoms with Crippen LogP contribution in [0, 0.1) is 0 Å². The molecule has 3 rings (SSSR count). The topological polar surface area (TPSA) is 84.9 Å². The van der Waals surface area contributed by atoms with Gasteiger partial charge in [-0.15, -0.1) is 0 Å². The molecule has 1 spiro atoms. The smallest absolute Gasteiger partial charge is 0.411 e. The molecular weight excluding hydrogens is 360 g/mol. The van der Waals surface area contributed by atoms with Crippen LogP contribution in [-0.2, 0) is 24.5 Å². The minimum absolute atomic E-state index is 0.0147. The fourth-order valence-electron chi connectivity index (χ4n) is 3.51. The number of nitrogens with one attached hydrogen (secondary N) is 1. The number of nitrogens with zero attached hydrogens (tertiary/aromatic N) is 1. The molecule has 8 heteroatoms. The number of esters is 1. The molecule has 1 saturated heterocycles. The van der Waals surface area contributed by atoms with Gasteiger partial charge >= 0.3 is 12.1 Å². The van der Waals surface area contributed by atoms with E-state index in [-0.39, 0.29) is 18.9 Å². The van der Waals surface area contributed by atoms with Crippen molar-refractivity contribution in [2.45, 2.75) is 44.2 Å². The van der Waals surface area contributed by atoms with Crippen molar-refractivity contribution in [2.75, 3.05) is 19.0 Å². The van der Waals surface area contributed by atoms with E-state index in [2.05, 4.69) is 5.32 Å². The molecule has 0 aliphatic carbocycles. The largest absolute Gasteiger partial charge is 0.467 e. The molecule has 2 heterocycles. The lowest BCUT2D eigenvalue weighted by molar-refractivity contribution is -0.145. The van der Waals surface area contributed by atoms with Crippen LogP contribution in [0.15, 0.2) is 18.2 Å². The SMILES string of the molecule is COC(=O)[C@@H]1CC2(CN1C(=O)OC(C)(C)C)C(=O)Nc1ccc(Cl)cc12. The van der Waals surface area contributed by atoms with Crippen molar-refractivity contribution in [1.29, 1.82) is 0 Å². The molecule has 1 aromatic rings. The lowest BCUT2D eigenvalue weighted by Gasteiger charge is -2.27. The molecule has 2 aliphatic rings. The van der Waals surface area contributed by atoms with Crippen molar-refractivity contribution in [2.24, 2.45) is 0 Å². The van der Waals surface area contributed by atoms with Crippen LogP contribution in [0.3, 0.4) is 0 Å². The lowest BCUT2D eigenvalue weighted by atomic mass is 9.79. The summed E-state index contributed by atoms with van der Waals surface area (Å²) in [5, 5.41) is 3.29. The van der Waals surface area contributed by atoms with Gasteiger partial charge in [-0.2, -0.15) is 0 Å². The average Bonchev–Trinajstić information content (AvgIpc) is 3.06. The van der Waals surface area contributed by atoms with Gasteiger partial charge in [-0.3, -0.25) is 9.69 Å². The molecule has 0 bridgehead atoms. The number of hydrogen-bond acceptors (Lipinski definition) is 5. The number of ether oxygens (including phenoxy) is 2. The van der Waals surface area contributed by atoms with Crippen molar-refractivity contribution in [3.8, 4) is 0 Å². The van der Waals surface area contributed by atoms with Crippen LogP contribution in [0.4, 0.5) is 10.5 Å². The number of likely N-dealkylation sites (tertiary alicyclic amines) is 1.